The van der Waals surface area contributed by atoms with Crippen LogP contribution in [0.3, 0.4) is 0 Å². The van der Waals surface area contributed by atoms with Crippen LogP contribution in [0.15, 0.2) is 59.1 Å². The maximum atomic E-state index is 13.8. The normalized spacial score (nSPS) is 10.7. The lowest BCUT2D eigenvalue weighted by molar-refractivity contribution is -0.130. The van der Waals surface area contributed by atoms with Crippen LogP contribution < -0.4 is 0 Å². The van der Waals surface area contributed by atoms with Gasteiger partial charge in [-0.2, -0.15) is 0 Å². The SMILES string of the molecule is CN(Cc1c(F)cccc1Cl)C(=O)CCc1ncc(-c2ccccc2)o1. The first kappa shape index (κ1) is 18.1. The van der Waals surface area contributed by atoms with E-state index in [-0.39, 0.29) is 18.9 Å². The van der Waals surface area contributed by atoms with E-state index in [1.807, 2.05) is 30.3 Å². The van der Waals surface area contributed by atoms with Gasteiger partial charge in [0.15, 0.2) is 11.7 Å². The number of nitrogens with zero attached hydrogens (tertiary/aromatic N) is 2. The van der Waals surface area contributed by atoms with Crippen LogP contribution >= 0.6 is 11.6 Å². The molecule has 0 aliphatic carbocycles. The van der Waals surface area contributed by atoms with Crippen molar-refractivity contribution in [3.8, 4) is 11.3 Å². The maximum Gasteiger partial charge on any atom is 0.223 e. The van der Waals surface area contributed by atoms with Gasteiger partial charge in [0.1, 0.15) is 5.82 Å². The fourth-order valence-electron chi connectivity index (χ4n) is 2.58. The van der Waals surface area contributed by atoms with Gasteiger partial charge in [-0.05, 0) is 12.1 Å². The highest BCUT2D eigenvalue weighted by atomic mass is 35.5. The Morgan fingerprint density at radius 2 is 1.96 bits per heavy atom. The minimum absolute atomic E-state index is 0.116. The van der Waals surface area contributed by atoms with Gasteiger partial charge in [0.25, 0.3) is 0 Å². The molecule has 6 heteroatoms. The van der Waals surface area contributed by atoms with Gasteiger partial charge in [-0.25, -0.2) is 9.37 Å². The average Bonchev–Trinajstić information content (AvgIpc) is 3.12. The monoisotopic (exact) mass is 372 g/mol. The molecule has 4 nitrogen and oxygen atoms in total. The van der Waals surface area contributed by atoms with Crippen LogP contribution in [-0.2, 0) is 17.8 Å². The van der Waals surface area contributed by atoms with Gasteiger partial charge < -0.3 is 9.32 Å². The topological polar surface area (TPSA) is 46.3 Å². The first-order valence-electron chi connectivity index (χ1n) is 8.21. The third-order valence-corrected chi connectivity index (χ3v) is 4.40. The van der Waals surface area contributed by atoms with Gasteiger partial charge in [-0.1, -0.05) is 48.0 Å². The number of aromatic nitrogens is 1. The number of hydrogen-bond donors (Lipinski definition) is 0. The Morgan fingerprint density at radius 3 is 2.69 bits per heavy atom. The number of carbonyl (C=O) groups is 1. The third kappa shape index (κ3) is 4.29. The molecule has 3 aromatic rings. The zero-order valence-electron chi connectivity index (χ0n) is 14.3. The summed E-state index contributed by atoms with van der Waals surface area (Å²) in [5.41, 5.74) is 1.25. The zero-order valence-corrected chi connectivity index (χ0v) is 15.0. The molecule has 2 aromatic carbocycles. The molecule has 0 fully saturated rings. The number of carbonyl (C=O) groups excluding carboxylic acids is 1. The van der Waals surface area contributed by atoms with Crippen LogP contribution in [0, 0.1) is 5.82 Å². The standard InChI is InChI=1S/C20H18ClFN2O2/c1-24(13-15-16(21)8-5-9-17(15)22)20(25)11-10-19-23-12-18(26-19)14-6-3-2-4-7-14/h2-9,12H,10-11,13H2,1H3. The van der Waals surface area contributed by atoms with E-state index in [1.54, 1.807) is 19.3 Å². The van der Waals surface area contributed by atoms with Gasteiger partial charge in [-0.15, -0.1) is 0 Å². The lowest BCUT2D eigenvalue weighted by atomic mass is 10.2. The summed E-state index contributed by atoms with van der Waals surface area (Å²) in [5.74, 6) is 0.607. The molecule has 0 saturated carbocycles. The van der Waals surface area contributed by atoms with Crippen molar-refractivity contribution >= 4 is 17.5 Å². The van der Waals surface area contributed by atoms with Gasteiger partial charge in [0.2, 0.25) is 5.91 Å². The van der Waals surface area contributed by atoms with Crippen molar-refractivity contribution in [2.45, 2.75) is 19.4 Å². The molecular formula is C20H18ClFN2O2. The molecule has 0 unspecified atom stereocenters. The molecule has 0 N–H and O–H groups in total. The summed E-state index contributed by atoms with van der Waals surface area (Å²) in [6.07, 6.45) is 2.25. The largest absolute Gasteiger partial charge is 0.441 e. The summed E-state index contributed by atoms with van der Waals surface area (Å²) in [6.45, 7) is 0.116. The van der Waals surface area contributed by atoms with Crippen LogP contribution in [0.1, 0.15) is 17.9 Å². The molecule has 0 bridgehead atoms. The predicted octanol–water partition coefficient (Wildman–Crippen LogP) is 4.73. The number of rotatable bonds is 6. The molecular weight excluding hydrogens is 355 g/mol. The van der Waals surface area contributed by atoms with Crippen LogP contribution in [0.2, 0.25) is 5.02 Å². The van der Waals surface area contributed by atoms with Crippen molar-refractivity contribution in [1.82, 2.24) is 9.88 Å². The Balaban J connectivity index is 1.58. The molecule has 26 heavy (non-hydrogen) atoms. The maximum absolute atomic E-state index is 13.8. The Hall–Kier alpha value is -2.66. The summed E-state index contributed by atoms with van der Waals surface area (Å²) in [6, 6.07) is 14.1. The zero-order chi connectivity index (χ0) is 18.5. The van der Waals surface area contributed by atoms with Crippen LogP contribution in [-0.4, -0.2) is 22.8 Å². The Morgan fingerprint density at radius 1 is 1.19 bits per heavy atom. The van der Waals surface area contributed by atoms with Crippen LogP contribution in [0.4, 0.5) is 4.39 Å². The van der Waals surface area contributed by atoms with Gasteiger partial charge in [0.05, 0.1) is 6.20 Å². The second-order valence-corrected chi connectivity index (χ2v) is 6.34. The highest BCUT2D eigenvalue weighted by Crippen LogP contribution is 2.22. The molecule has 1 aromatic heterocycles. The number of hydrogen-bond acceptors (Lipinski definition) is 3. The number of amides is 1. The van der Waals surface area contributed by atoms with E-state index >= 15 is 0 Å². The third-order valence-electron chi connectivity index (χ3n) is 4.05. The molecule has 0 radical (unpaired) electrons. The molecule has 1 heterocycles. The molecule has 0 saturated heterocycles. The second kappa shape index (κ2) is 8.15. The average molecular weight is 373 g/mol. The van der Waals surface area contributed by atoms with Crippen molar-refractivity contribution in [2.24, 2.45) is 0 Å². The van der Waals surface area contributed by atoms with Gasteiger partial charge >= 0.3 is 0 Å². The van der Waals surface area contributed by atoms with Gasteiger partial charge in [0, 0.05) is 42.6 Å². The van der Waals surface area contributed by atoms with Crippen LogP contribution in [0.25, 0.3) is 11.3 Å². The number of halogens is 2. The minimum Gasteiger partial charge on any atom is -0.441 e. The second-order valence-electron chi connectivity index (χ2n) is 5.93. The van der Waals surface area contributed by atoms with Crippen molar-refractivity contribution in [1.29, 1.82) is 0 Å². The van der Waals surface area contributed by atoms with Crippen molar-refractivity contribution < 1.29 is 13.6 Å². The summed E-state index contributed by atoms with van der Waals surface area (Å²) in [7, 11) is 1.62. The highest BCUT2D eigenvalue weighted by molar-refractivity contribution is 6.31. The number of aryl methyl sites for hydroxylation is 1. The van der Waals surface area contributed by atoms with Crippen LogP contribution in [0.5, 0.6) is 0 Å². The van der Waals surface area contributed by atoms with E-state index in [4.69, 9.17) is 16.0 Å². The predicted molar refractivity (Wildman–Crippen MR) is 98.1 cm³/mol. The molecule has 0 aliphatic heterocycles. The molecule has 134 valence electrons. The van der Waals surface area contributed by atoms with Gasteiger partial charge in [-0.3, -0.25) is 4.79 Å². The number of benzene rings is 2. The van der Waals surface area contributed by atoms with Crippen molar-refractivity contribution in [3.05, 3.63) is 77.0 Å². The van der Waals surface area contributed by atoms with E-state index in [0.717, 1.165) is 5.56 Å². The fraction of sp³-hybridized carbons (Fsp3) is 0.200. The minimum atomic E-state index is -0.419. The quantitative estimate of drug-likeness (QED) is 0.628. The summed E-state index contributed by atoms with van der Waals surface area (Å²) < 4.78 is 19.5. The molecule has 0 atom stereocenters. The highest BCUT2D eigenvalue weighted by Gasteiger charge is 2.15. The van der Waals surface area contributed by atoms with E-state index in [0.29, 0.717) is 28.7 Å². The number of oxazole rings is 1. The molecule has 1 amide bonds. The Kier molecular flexibility index (Phi) is 5.68. The molecule has 0 aliphatic rings. The summed E-state index contributed by atoms with van der Waals surface area (Å²) in [5, 5.41) is 0.310. The summed E-state index contributed by atoms with van der Waals surface area (Å²) >= 11 is 6.01. The first-order chi connectivity index (χ1) is 12.5. The van der Waals surface area contributed by atoms with E-state index in [2.05, 4.69) is 4.98 Å². The van der Waals surface area contributed by atoms with E-state index in [9.17, 15) is 9.18 Å². The summed E-state index contributed by atoms with van der Waals surface area (Å²) in [4.78, 5) is 18.0. The van der Waals surface area contributed by atoms with Crippen molar-refractivity contribution in [3.63, 3.8) is 0 Å². The van der Waals surface area contributed by atoms with Crippen molar-refractivity contribution in [2.75, 3.05) is 7.05 Å². The lowest BCUT2D eigenvalue weighted by Crippen LogP contribution is -2.27. The Labute approximate surface area is 156 Å². The first-order valence-corrected chi connectivity index (χ1v) is 8.59. The fourth-order valence-corrected chi connectivity index (χ4v) is 2.80. The Bertz CT molecular complexity index is 876. The lowest BCUT2D eigenvalue weighted by Gasteiger charge is -2.18. The molecule has 3 rings (SSSR count). The smallest absolute Gasteiger partial charge is 0.223 e. The molecule has 0 spiro atoms. The van der Waals surface area contributed by atoms with E-state index < -0.39 is 5.82 Å². The van der Waals surface area contributed by atoms with E-state index in [1.165, 1.54) is 17.0 Å².